The van der Waals surface area contributed by atoms with Crippen LogP contribution >= 0.6 is 0 Å². The molecule has 0 aliphatic heterocycles. The summed E-state index contributed by atoms with van der Waals surface area (Å²) in [5.74, 6) is 0.850. The summed E-state index contributed by atoms with van der Waals surface area (Å²) < 4.78 is 15.8. The molecule has 1 fully saturated rings. The van der Waals surface area contributed by atoms with Gasteiger partial charge in [-0.3, -0.25) is 0 Å². The van der Waals surface area contributed by atoms with Gasteiger partial charge in [0.2, 0.25) is 11.8 Å². The highest BCUT2D eigenvalue weighted by Crippen LogP contribution is 2.24. The Hall–Kier alpha value is -1.56. The lowest BCUT2D eigenvalue weighted by atomic mass is 10.3. The number of nitrogens with zero attached hydrogens (tertiary/aromatic N) is 2. The third-order valence-electron chi connectivity index (χ3n) is 2.77. The Morgan fingerprint density at radius 3 is 2.29 bits per heavy atom. The molecule has 1 saturated carbocycles. The standard InChI is InChI=1S/C11H17N3O3/c1-15-9-6-10(16-2)14-11(13-9)17-8-4-3-7(12)5-8/h6-8H,3-5,12H2,1-2H3. The van der Waals surface area contributed by atoms with Gasteiger partial charge in [0.05, 0.1) is 20.3 Å². The van der Waals surface area contributed by atoms with Crippen molar-refractivity contribution in [2.45, 2.75) is 31.4 Å². The van der Waals surface area contributed by atoms with Crippen LogP contribution in [-0.4, -0.2) is 36.3 Å². The fourth-order valence-corrected chi connectivity index (χ4v) is 1.88. The quantitative estimate of drug-likeness (QED) is 0.835. The minimum Gasteiger partial charge on any atom is -0.481 e. The topological polar surface area (TPSA) is 79.5 Å². The maximum atomic E-state index is 5.82. The summed E-state index contributed by atoms with van der Waals surface area (Å²) >= 11 is 0. The van der Waals surface area contributed by atoms with Crippen LogP contribution in [0.15, 0.2) is 6.07 Å². The van der Waals surface area contributed by atoms with E-state index in [9.17, 15) is 0 Å². The van der Waals surface area contributed by atoms with E-state index in [1.54, 1.807) is 6.07 Å². The summed E-state index contributed by atoms with van der Waals surface area (Å²) in [6.45, 7) is 0. The summed E-state index contributed by atoms with van der Waals surface area (Å²) in [6.07, 6.45) is 2.83. The van der Waals surface area contributed by atoms with Crippen LogP contribution in [0.3, 0.4) is 0 Å². The molecule has 0 spiro atoms. The second-order valence-electron chi connectivity index (χ2n) is 4.05. The molecule has 1 aliphatic carbocycles. The second kappa shape index (κ2) is 5.18. The zero-order chi connectivity index (χ0) is 12.3. The summed E-state index contributed by atoms with van der Waals surface area (Å²) in [7, 11) is 3.08. The van der Waals surface area contributed by atoms with Gasteiger partial charge >= 0.3 is 6.01 Å². The van der Waals surface area contributed by atoms with Gasteiger partial charge in [0.25, 0.3) is 0 Å². The summed E-state index contributed by atoms with van der Waals surface area (Å²) in [5, 5.41) is 0. The van der Waals surface area contributed by atoms with Gasteiger partial charge in [-0.1, -0.05) is 0 Å². The molecule has 2 unspecified atom stereocenters. The molecule has 1 aromatic heterocycles. The predicted octanol–water partition coefficient (Wildman–Crippen LogP) is 0.752. The molecule has 1 heterocycles. The minimum absolute atomic E-state index is 0.0850. The Morgan fingerprint density at radius 2 is 1.82 bits per heavy atom. The van der Waals surface area contributed by atoms with Crippen LogP contribution in [0.4, 0.5) is 0 Å². The fourth-order valence-electron chi connectivity index (χ4n) is 1.88. The van der Waals surface area contributed by atoms with Crippen molar-refractivity contribution in [3.05, 3.63) is 6.07 Å². The second-order valence-corrected chi connectivity index (χ2v) is 4.05. The van der Waals surface area contributed by atoms with E-state index in [0.717, 1.165) is 19.3 Å². The molecule has 2 atom stereocenters. The van der Waals surface area contributed by atoms with E-state index in [4.69, 9.17) is 19.9 Å². The van der Waals surface area contributed by atoms with Crippen molar-refractivity contribution in [2.75, 3.05) is 14.2 Å². The Labute approximate surface area is 100 Å². The molecule has 17 heavy (non-hydrogen) atoms. The first kappa shape index (κ1) is 11.9. The lowest BCUT2D eigenvalue weighted by Crippen LogP contribution is -2.19. The Kier molecular flexibility index (Phi) is 3.63. The van der Waals surface area contributed by atoms with Gasteiger partial charge < -0.3 is 19.9 Å². The average Bonchev–Trinajstić information content (AvgIpc) is 2.74. The van der Waals surface area contributed by atoms with Crippen molar-refractivity contribution >= 4 is 0 Å². The van der Waals surface area contributed by atoms with Gasteiger partial charge in [-0.05, 0) is 19.3 Å². The van der Waals surface area contributed by atoms with Crippen LogP contribution in [0.5, 0.6) is 17.8 Å². The maximum Gasteiger partial charge on any atom is 0.323 e. The van der Waals surface area contributed by atoms with E-state index in [1.807, 2.05) is 0 Å². The molecule has 6 heteroatoms. The maximum absolute atomic E-state index is 5.82. The van der Waals surface area contributed by atoms with E-state index >= 15 is 0 Å². The molecule has 1 aromatic rings. The molecule has 0 aromatic carbocycles. The van der Waals surface area contributed by atoms with Gasteiger partial charge in [0.15, 0.2) is 0 Å². The minimum atomic E-state index is 0.0850. The first-order valence-corrected chi connectivity index (χ1v) is 5.60. The lowest BCUT2D eigenvalue weighted by molar-refractivity contribution is 0.185. The van der Waals surface area contributed by atoms with E-state index in [-0.39, 0.29) is 18.2 Å². The molecule has 0 saturated heterocycles. The van der Waals surface area contributed by atoms with Crippen LogP contribution in [0.1, 0.15) is 19.3 Å². The SMILES string of the molecule is COc1cc(OC)nc(OC2CCC(N)C2)n1. The van der Waals surface area contributed by atoms with Crippen LogP contribution in [-0.2, 0) is 0 Å². The monoisotopic (exact) mass is 239 g/mol. The zero-order valence-corrected chi connectivity index (χ0v) is 10.0. The van der Waals surface area contributed by atoms with Crippen molar-refractivity contribution < 1.29 is 14.2 Å². The van der Waals surface area contributed by atoms with E-state index < -0.39 is 0 Å². The Bertz CT molecular complexity index is 364. The van der Waals surface area contributed by atoms with E-state index in [2.05, 4.69) is 9.97 Å². The molecule has 6 nitrogen and oxygen atoms in total. The molecular weight excluding hydrogens is 222 g/mol. The van der Waals surface area contributed by atoms with Crippen molar-refractivity contribution in [2.24, 2.45) is 5.73 Å². The first-order valence-electron chi connectivity index (χ1n) is 5.60. The molecule has 1 aliphatic rings. The Morgan fingerprint density at radius 1 is 1.18 bits per heavy atom. The number of hydrogen-bond acceptors (Lipinski definition) is 6. The Balaban J connectivity index is 2.09. The van der Waals surface area contributed by atoms with Crippen molar-refractivity contribution in [3.8, 4) is 17.8 Å². The van der Waals surface area contributed by atoms with Crippen LogP contribution in [0.25, 0.3) is 0 Å². The molecule has 2 N–H and O–H groups in total. The summed E-state index contributed by atoms with van der Waals surface area (Å²) in [5.41, 5.74) is 5.82. The van der Waals surface area contributed by atoms with Crippen LogP contribution < -0.4 is 19.9 Å². The van der Waals surface area contributed by atoms with Crippen LogP contribution in [0, 0.1) is 0 Å². The summed E-state index contributed by atoms with van der Waals surface area (Å²) in [6, 6.07) is 2.10. The van der Waals surface area contributed by atoms with Crippen molar-refractivity contribution in [1.82, 2.24) is 9.97 Å². The van der Waals surface area contributed by atoms with Crippen molar-refractivity contribution in [3.63, 3.8) is 0 Å². The highest BCUT2D eigenvalue weighted by Gasteiger charge is 2.24. The van der Waals surface area contributed by atoms with Crippen molar-refractivity contribution in [1.29, 1.82) is 0 Å². The van der Waals surface area contributed by atoms with Gasteiger partial charge in [0, 0.05) is 6.04 Å². The first-order chi connectivity index (χ1) is 8.21. The molecule has 0 bridgehead atoms. The van der Waals surface area contributed by atoms with Gasteiger partial charge in [-0.25, -0.2) is 0 Å². The smallest absolute Gasteiger partial charge is 0.323 e. The van der Waals surface area contributed by atoms with Crippen LogP contribution in [0.2, 0.25) is 0 Å². The molecular formula is C11H17N3O3. The van der Waals surface area contributed by atoms with E-state index in [0.29, 0.717) is 11.8 Å². The van der Waals surface area contributed by atoms with E-state index in [1.165, 1.54) is 14.2 Å². The molecule has 94 valence electrons. The number of ether oxygens (including phenoxy) is 3. The molecule has 0 amide bonds. The zero-order valence-electron chi connectivity index (χ0n) is 10.0. The molecule has 2 rings (SSSR count). The third kappa shape index (κ3) is 2.97. The average molecular weight is 239 g/mol. The number of nitrogens with two attached hydrogens (primary N) is 1. The fraction of sp³-hybridized carbons (Fsp3) is 0.636. The number of aromatic nitrogens is 2. The predicted molar refractivity (Wildman–Crippen MR) is 61.4 cm³/mol. The van der Waals surface area contributed by atoms with Gasteiger partial charge in [0.1, 0.15) is 6.10 Å². The lowest BCUT2D eigenvalue weighted by Gasteiger charge is -2.12. The number of rotatable bonds is 4. The van der Waals surface area contributed by atoms with Gasteiger partial charge in [-0.15, -0.1) is 0 Å². The molecule has 0 radical (unpaired) electrons. The normalized spacial score (nSPS) is 23.5. The number of methoxy groups -OCH3 is 2. The number of hydrogen-bond donors (Lipinski definition) is 1. The summed E-state index contributed by atoms with van der Waals surface area (Å²) in [4.78, 5) is 8.22. The largest absolute Gasteiger partial charge is 0.481 e. The third-order valence-corrected chi connectivity index (χ3v) is 2.77. The highest BCUT2D eigenvalue weighted by atomic mass is 16.5. The van der Waals surface area contributed by atoms with Gasteiger partial charge in [-0.2, -0.15) is 9.97 Å². The highest BCUT2D eigenvalue weighted by molar-refractivity contribution is 5.22.